The van der Waals surface area contributed by atoms with E-state index in [2.05, 4.69) is 15.0 Å². The molecule has 0 aliphatic heterocycles. The van der Waals surface area contributed by atoms with Crippen LogP contribution in [0.2, 0.25) is 0 Å². The molecule has 0 radical (unpaired) electrons. The SMILES string of the molecule is Cc1cc(C=Nc2ccc3oc(-c4ccncc4)nc3c2)c(O)c([N+](=O)[O-])c1. The molecule has 2 aromatic carbocycles. The molecular formula is C20H14N4O4. The topological polar surface area (TPSA) is 115 Å². The van der Waals surface area contributed by atoms with Gasteiger partial charge in [0.2, 0.25) is 11.6 Å². The summed E-state index contributed by atoms with van der Waals surface area (Å²) in [5, 5.41) is 21.1. The molecule has 0 fully saturated rings. The number of fused-ring (bicyclic) bond motifs is 1. The Morgan fingerprint density at radius 3 is 2.71 bits per heavy atom. The highest BCUT2D eigenvalue weighted by Crippen LogP contribution is 2.31. The van der Waals surface area contributed by atoms with E-state index < -0.39 is 10.7 Å². The van der Waals surface area contributed by atoms with Gasteiger partial charge >= 0.3 is 5.69 Å². The smallest absolute Gasteiger partial charge is 0.311 e. The fraction of sp³-hybridized carbons (Fsp3) is 0.0500. The average molecular weight is 374 g/mol. The van der Waals surface area contributed by atoms with Crippen molar-refractivity contribution in [2.24, 2.45) is 4.99 Å². The van der Waals surface area contributed by atoms with Crippen molar-refractivity contribution in [3.63, 3.8) is 0 Å². The predicted molar refractivity (Wildman–Crippen MR) is 104 cm³/mol. The van der Waals surface area contributed by atoms with Crippen LogP contribution in [-0.4, -0.2) is 26.2 Å². The third kappa shape index (κ3) is 3.30. The van der Waals surface area contributed by atoms with Crippen LogP contribution in [0.3, 0.4) is 0 Å². The number of phenols is 1. The Balaban J connectivity index is 1.68. The summed E-state index contributed by atoms with van der Waals surface area (Å²) < 4.78 is 5.74. The van der Waals surface area contributed by atoms with Gasteiger partial charge in [0.25, 0.3) is 0 Å². The molecule has 0 spiro atoms. The van der Waals surface area contributed by atoms with Crippen molar-refractivity contribution < 1.29 is 14.4 Å². The number of aryl methyl sites for hydroxylation is 1. The van der Waals surface area contributed by atoms with E-state index in [1.165, 1.54) is 12.3 Å². The van der Waals surface area contributed by atoms with E-state index in [-0.39, 0.29) is 11.3 Å². The number of aromatic nitrogens is 2. The molecule has 1 N–H and O–H groups in total. The number of hydrogen-bond acceptors (Lipinski definition) is 7. The zero-order valence-corrected chi connectivity index (χ0v) is 14.7. The number of benzene rings is 2. The number of nitrogens with zero attached hydrogens (tertiary/aromatic N) is 4. The summed E-state index contributed by atoms with van der Waals surface area (Å²) in [4.78, 5) is 23.2. The normalized spacial score (nSPS) is 11.3. The Morgan fingerprint density at radius 2 is 1.96 bits per heavy atom. The Morgan fingerprint density at radius 1 is 1.18 bits per heavy atom. The summed E-state index contributed by atoms with van der Waals surface area (Å²) in [7, 11) is 0. The van der Waals surface area contributed by atoms with Crippen LogP contribution < -0.4 is 0 Å². The first kappa shape index (κ1) is 17.3. The lowest BCUT2D eigenvalue weighted by Gasteiger charge is -2.02. The second kappa shape index (κ2) is 6.92. The molecular weight excluding hydrogens is 360 g/mol. The Kier molecular flexibility index (Phi) is 4.29. The zero-order valence-electron chi connectivity index (χ0n) is 14.7. The fourth-order valence-corrected chi connectivity index (χ4v) is 2.78. The summed E-state index contributed by atoms with van der Waals surface area (Å²) >= 11 is 0. The minimum Gasteiger partial charge on any atom is -0.502 e. The molecule has 0 unspecified atom stereocenters. The van der Waals surface area contributed by atoms with E-state index >= 15 is 0 Å². The van der Waals surface area contributed by atoms with Crippen LogP contribution in [0.5, 0.6) is 5.75 Å². The number of hydrogen-bond donors (Lipinski definition) is 1. The molecule has 8 heteroatoms. The third-order valence-corrected chi connectivity index (χ3v) is 4.11. The number of aromatic hydroxyl groups is 1. The van der Waals surface area contributed by atoms with Gasteiger partial charge in [-0.15, -0.1) is 0 Å². The zero-order chi connectivity index (χ0) is 19.7. The van der Waals surface area contributed by atoms with Crippen LogP contribution in [0, 0.1) is 17.0 Å². The second-order valence-electron chi connectivity index (χ2n) is 6.14. The minimum atomic E-state index is -0.623. The van der Waals surface area contributed by atoms with Gasteiger partial charge < -0.3 is 9.52 Å². The van der Waals surface area contributed by atoms with Crippen molar-refractivity contribution in [3.8, 4) is 17.2 Å². The summed E-state index contributed by atoms with van der Waals surface area (Å²) in [6.45, 7) is 1.71. The van der Waals surface area contributed by atoms with Crippen molar-refractivity contribution in [2.75, 3.05) is 0 Å². The van der Waals surface area contributed by atoms with Crippen LogP contribution in [0.1, 0.15) is 11.1 Å². The first-order chi connectivity index (χ1) is 13.5. The third-order valence-electron chi connectivity index (χ3n) is 4.11. The van der Waals surface area contributed by atoms with Gasteiger partial charge in [-0.05, 0) is 48.9 Å². The van der Waals surface area contributed by atoms with Crippen molar-refractivity contribution in [1.29, 1.82) is 0 Å². The molecule has 4 aromatic rings. The van der Waals surface area contributed by atoms with Crippen molar-refractivity contribution >= 4 is 28.7 Å². The summed E-state index contributed by atoms with van der Waals surface area (Å²) in [5.74, 6) is 0.0623. The van der Waals surface area contributed by atoms with E-state index in [1.54, 1.807) is 55.7 Å². The highest BCUT2D eigenvalue weighted by molar-refractivity contribution is 5.89. The van der Waals surface area contributed by atoms with E-state index in [9.17, 15) is 15.2 Å². The first-order valence-electron chi connectivity index (χ1n) is 8.34. The van der Waals surface area contributed by atoms with Crippen LogP contribution in [0.15, 0.2) is 64.3 Å². The highest BCUT2D eigenvalue weighted by atomic mass is 16.6. The maximum atomic E-state index is 11.0. The first-order valence-corrected chi connectivity index (χ1v) is 8.34. The number of nitro groups is 1. The van der Waals surface area contributed by atoms with Gasteiger partial charge in [0.1, 0.15) is 5.52 Å². The van der Waals surface area contributed by atoms with Gasteiger partial charge in [-0.1, -0.05) is 0 Å². The second-order valence-corrected chi connectivity index (χ2v) is 6.14. The predicted octanol–water partition coefficient (Wildman–Crippen LogP) is 4.56. The van der Waals surface area contributed by atoms with Crippen molar-refractivity contribution in [1.82, 2.24) is 9.97 Å². The molecule has 0 aliphatic carbocycles. The number of oxazole rings is 1. The minimum absolute atomic E-state index is 0.268. The maximum absolute atomic E-state index is 11.0. The molecule has 2 heterocycles. The van der Waals surface area contributed by atoms with Crippen LogP contribution in [-0.2, 0) is 0 Å². The molecule has 0 aliphatic rings. The van der Waals surface area contributed by atoms with Crippen LogP contribution >= 0.6 is 0 Å². The molecule has 28 heavy (non-hydrogen) atoms. The lowest BCUT2D eigenvalue weighted by molar-refractivity contribution is -0.385. The van der Waals surface area contributed by atoms with E-state index in [4.69, 9.17) is 4.42 Å². The molecule has 2 aromatic heterocycles. The molecule has 8 nitrogen and oxygen atoms in total. The summed E-state index contributed by atoms with van der Waals surface area (Å²) in [6.07, 6.45) is 4.71. The maximum Gasteiger partial charge on any atom is 0.311 e. The molecule has 138 valence electrons. The molecule has 0 atom stereocenters. The van der Waals surface area contributed by atoms with Crippen molar-refractivity contribution in [2.45, 2.75) is 6.92 Å². The molecule has 0 saturated heterocycles. The standard InChI is InChI=1S/C20H14N4O4/c1-12-8-14(19(25)17(9-12)24(26)27)11-22-15-2-3-18-16(10-15)23-20(28-18)13-4-6-21-7-5-13/h2-11,25H,1H3. The highest BCUT2D eigenvalue weighted by Gasteiger charge is 2.17. The van der Waals surface area contributed by atoms with Crippen LogP contribution in [0.4, 0.5) is 11.4 Å². The van der Waals surface area contributed by atoms with Gasteiger partial charge in [-0.25, -0.2) is 4.98 Å². The molecule has 0 saturated carbocycles. The molecule has 0 amide bonds. The lowest BCUT2D eigenvalue weighted by Crippen LogP contribution is -1.93. The monoisotopic (exact) mass is 374 g/mol. The van der Waals surface area contributed by atoms with E-state index in [0.29, 0.717) is 28.2 Å². The van der Waals surface area contributed by atoms with Gasteiger partial charge in [0.15, 0.2) is 5.58 Å². The Bertz CT molecular complexity index is 1220. The molecule has 0 bridgehead atoms. The Hall–Kier alpha value is -4.07. The van der Waals surface area contributed by atoms with Gasteiger partial charge in [0.05, 0.1) is 10.6 Å². The number of nitro benzene ring substituents is 1. The summed E-state index contributed by atoms with van der Waals surface area (Å²) in [5.41, 5.74) is 3.19. The average Bonchev–Trinajstić information content (AvgIpc) is 3.12. The summed E-state index contributed by atoms with van der Waals surface area (Å²) in [6, 6.07) is 11.8. The van der Waals surface area contributed by atoms with Gasteiger partial charge in [-0.2, -0.15) is 0 Å². The van der Waals surface area contributed by atoms with E-state index in [0.717, 1.165) is 5.56 Å². The number of phenolic OH excluding ortho intramolecular Hbond substituents is 1. The number of aliphatic imine (C=N–C) groups is 1. The number of pyridine rings is 1. The van der Waals surface area contributed by atoms with Crippen LogP contribution in [0.25, 0.3) is 22.6 Å². The lowest BCUT2D eigenvalue weighted by atomic mass is 10.1. The largest absolute Gasteiger partial charge is 0.502 e. The number of rotatable bonds is 4. The van der Waals surface area contributed by atoms with Gasteiger partial charge in [-0.3, -0.25) is 20.1 Å². The van der Waals surface area contributed by atoms with Crippen molar-refractivity contribution in [3.05, 3.63) is 76.1 Å². The van der Waals surface area contributed by atoms with E-state index in [1.807, 2.05) is 0 Å². The fourth-order valence-electron chi connectivity index (χ4n) is 2.78. The Labute approximate surface area is 159 Å². The van der Waals surface area contributed by atoms with Gasteiger partial charge in [0, 0.05) is 35.8 Å². The quantitative estimate of drug-likeness (QED) is 0.318. The molecule has 4 rings (SSSR count).